The minimum atomic E-state index is -1.72. The molecule has 1 unspecified atom stereocenters. The summed E-state index contributed by atoms with van der Waals surface area (Å²) in [5.41, 5.74) is -0.193. The first-order valence-corrected chi connectivity index (χ1v) is 9.64. The molecular formula is C14H19N3O4S2. The largest absolute Gasteiger partial charge is 0.339 e. The lowest BCUT2D eigenvalue weighted by Crippen LogP contribution is -2.48. The van der Waals surface area contributed by atoms with Gasteiger partial charge in [-0.05, 0) is 25.4 Å². The van der Waals surface area contributed by atoms with E-state index in [1.165, 1.54) is 23.9 Å². The van der Waals surface area contributed by atoms with Crippen molar-refractivity contribution in [3.05, 3.63) is 28.3 Å². The average molecular weight is 357 g/mol. The van der Waals surface area contributed by atoms with Gasteiger partial charge in [-0.15, -0.1) is 11.8 Å². The van der Waals surface area contributed by atoms with Crippen molar-refractivity contribution in [2.45, 2.75) is 9.79 Å². The van der Waals surface area contributed by atoms with E-state index in [1.807, 2.05) is 13.3 Å². The van der Waals surface area contributed by atoms with Gasteiger partial charge in [-0.3, -0.25) is 19.1 Å². The summed E-state index contributed by atoms with van der Waals surface area (Å²) in [6, 6.07) is 4.57. The first-order chi connectivity index (χ1) is 10.9. The summed E-state index contributed by atoms with van der Waals surface area (Å²) < 4.78 is 12.4. The highest BCUT2D eigenvalue weighted by Crippen LogP contribution is 2.28. The van der Waals surface area contributed by atoms with Crippen LogP contribution in [0.4, 0.5) is 5.69 Å². The lowest BCUT2D eigenvalue weighted by atomic mass is 10.3. The normalized spacial score (nSPS) is 17.0. The average Bonchev–Trinajstić information content (AvgIpc) is 2.54. The van der Waals surface area contributed by atoms with E-state index < -0.39 is 15.7 Å². The second-order valence-electron chi connectivity index (χ2n) is 5.26. The molecule has 0 radical (unpaired) electrons. The molecule has 1 heterocycles. The van der Waals surface area contributed by atoms with Gasteiger partial charge in [-0.1, -0.05) is 0 Å². The molecule has 0 saturated carbocycles. The van der Waals surface area contributed by atoms with Crippen molar-refractivity contribution in [3.63, 3.8) is 0 Å². The van der Waals surface area contributed by atoms with E-state index in [2.05, 4.69) is 4.90 Å². The zero-order chi connectivity index (χ0) is 17.0. The first-order valence-electron chi connectivity index (χ1n) is 7.09. The molecule has 2 rings (SSSR count). The van der Waals surface area contributed by atoms with Crippen LogP contribution in [0.3, 0.4) is 0 Å². The molecule has 9 heteroatoms. The van der Waals surface area contributed by atoms with E-state index in [0.29, 0.717) is 13.1 Å². The van der Waals surface area contributed by atoms with E-state index in [0.717, 1.165) is 18.0 Å². The van der Waals surface area contributed by atoms with Crippen LogP contribution in [-0.4, -0.2) is 70.1 Å². The Bertz CT molecular complexity index is 630. The highest BCUT2D eigenvalue weighted by molar-refractivity contribution is 7.98. The number of nitro benzene ring substituents is 1. The molecule has 0 N–H and O–H groups in total. The number of thioether (sulfide) groups is 1. The summed E-state index contributed by atoms with van der Waals surface area (Å²) >= 11 is 1.37. The third-order valence-electron chi connectivity index (χ3n) is 3.72. The van der Waals surface area contributed by atoms with Crippen molar-refractivity contribution >= 4 is 34.2 Å². The van der Waals surface area contributed by atoms with Crippen LogP contribution >= 0.6 is 11.8 Å². The standard InChI is InChI=1S/C14H19N3O4S2/c1-15-5-7-16(8-6-15)14(18)10-23(21)13-4-3-11(22-2)9-12(13)17(19)20/h3-4,9H,5-8,10H2,1-2H3. The number of benzene rings is 1. The monoisotopic (exact) mass is 357 g/mol. The summed E-state index contributed by atoms with van der Waals surface area (Å²) in [6.45, 7) is 2.75. The molecule has 1 aromatic carbocycles. The number of piperazine rings is 1. The number of carbonyl (C=O) groups is 1. The Kier molecular flexibility index (Phi) is 6.14. The number of likely N-dealkylation sites (N-methyl/N-ethyl adjacent to an activating group) is 1. The van der Waals surface area contributed by atoms with Crippen LogP contribution in [0.25, 0.3) is 0 Å². The van der Waals surface area contributed by atoms with E-state index in [9.17, 15) is 19.1 Å². The van der Waals surface area contributed by atoms with Gasteiger partial charge in [0.15, 0.2) is 0 Å². The zero-order valence-corrected chi connectivity index (χ0v) is 14.7. The first kappa shape index (κ1) is 17.9. The molecule has 0 spiro atoms. The zero-order valence-electron chi connectivity index (χ0n) is 13.1. The number of hydrogen-bond donors (Lipinski definition) is 0. The minimum absolute atomic E-state index is 0.107. The summed E-state index contributed by atoms with van der Waals surface area (Å²) in [7, 11) is 0.261. The van der Waals surface area contributed by atoms with Crippen LogP contribution in [0.15, 0.2) is 28.0 Å². The van der Waals surface area contributed by atoms with E-state index in [4.69, 9.17) is 0 Å². The summed E-state index contributed by atoms with van der Waals surface area (Å²) in [6.07, 6.45) is 1.81. The molecular weight excluding hydrogens is 338 g/mol. The van der Waals surface area contributed by atoms with Crippen LogP contribution in [0.5, 0.6) is 0 Å². The Morgan fingerprint density at radius 3 is 2.57 bits per heavy atom. The predicted octanol–water partition coefficient (Wildman–Crippen LogP) is 1.20. The topological polar surface area (TPSA) is 83.8 Å². The quantitative estimate of drug-likeness (QED) is 0.447. The van der Waals surface area contributed by atoms with Gasteiger partial charge in [-0.25, -0.2) is 0 Å². The molecule has 1 aliphatic heterocycles. The molecule has 126 valence electrons. The van der Waals surface area contributed by atoms with E-state index in [1.54, 1.807) is 11.0 Å². The molecule has 0 aliphatic carbocycles. The number of carbonyl (C=O) groups excluding carboxylic acids is 1. The van der Waals surface area contributed by atoms with Gasteiger partial charge in [0.05, 0.1) is 15.7 Å². The highest BCUT2D eigenvalue weighted by atomic mass is 32.2. The molecule has 1 atom stereocenters. The second kappa shape index (κ2) is 7.89. The van der Waals surface area contributed by atoms with Gasteiger partial charge in [0, 0.05) is 37.1 Å². The fraction of sp³-hybridized carbons (Fsp3) is 0.500. The molecule has 23 heavy (non-hydrogen) atoms. The summed E-state index contributed by atoms with van der Waals surface area (Å²) in [5.74, 6) is -0.442. The van der Waals surface area contributed by atoms with Crippen LogP contribution in [-0.2, 0) is 15.6 Å². The molecule has 7 nitrogen and oxygen atoms in total. The maximum atomic E-state index is 12.4. The van der Waals surface area contributed by atoms with Gasteiger partial charge in [0.2, 0.25) is 5.91 Å². The fourth-order valence-corrected chi connectivity index (χ4v) is 3.88. The Hall–Kier alpha value is -1.45. The lowest BCUT2D eigenvalue weighted by Gasteiger charge is -2.32. The van der Waals surface area contributed by atoms with Gasteiger partial charge >= 0.3 is 0 Å². The van der Waals surface area contributed by atoms with Gasteiger partial charge in [0.25, 0.3) is 5.69 Å². The number of rotatable bonds is 5. The van der Waals surface area contributed by atoms with Crippen molar-refractivity contribution < 1.29 is 13.9 Å². The van der Waals surface area contributed by atoms with E-state index >= 15 is 0 Å². The molecule has 1 aliphatic rings. The Labute approximate surface area is 141 Å². The minimum Gasteiger partial charge on any atom is -0.339 e. The number of nitro groups is 1. The Morgan fingerprint density at radius 1 is 1.35 bits per heavy atom. The molecule has 0 aromatic heterocycles. The van der Waals surface area contributed by atoms with Crippen molar-refractivity contribution in [2.24, 2.45) is 0 Å². The smallest absolute Gasteiger partial charge is 0.286 e. The number of nitrogens with zero attached hydrogens (tertiary/aromatic N) is 3. The van der Waals surface area contributed by atoms with Crippen molar-refractivity contribution in [1.82, 2.24) is 9.80 Å². The van der Waals surface area contributed by atoms with Crippen molar-refractivity contribution in [3.8, 4) is 0 Å². The summed E-state index contributed by atoms with van der Waals surface area (Å²) in [4.78, 5) is 27.5. The summed E-state index contributed by atoms with van der Waals surface area (Å²) in [5, 5.41) is 11.2. The molecule has 1 saturated heterocycles. The van der Waals surface area contributed by atoms with Crippen molar-refractivity contribution in [1.29, 1.82) is 0 Å². The van der Waals surface area contributed by atoms with Gasteiger partial charge in [-0.2, -0.15) is 0 Å². The van der Waals surface area contributed by atoms with Crippen LogP contribution in [0, 0.1) is 10.1 Å². The maximum absolute atomic E-state index is 12.4. The lowest BCUT2D eigenvalue weighted by molar-refractivity contribution is -0.388. The predicted molar refractivity (Wildman–Crippen MR) is 90.2 cm³/mol. The molecule has 1 aromatic rings. The van der Waals surface area contributed by atoms with Gasteiger partial charge < -0.3 is 9.80 Å². The maximum Gasteiger partial charge on any atom is 0.286 e. The molecule has 1 amide bonds. The molecule has 1 fully saturated rings. The Morgan fingerprint density at radius 2 is 2.00 bits per heavy atom. The van der Waals surface area contributed by atoms with Gasteiger partial charge in [0.1, 0.15) is 10.6 Å². The van der Waals surface area contributed by atoms with E-state index in [-0.39, 0.29) is 22.2 Å². The number of hydrogen-bond acceptors (Lipinski definition) is 6. The van der Waals surface area contributed by atoms with Crippen LogP contribution < -0.4 is 0 Å². The van der Waals surface area contributed by atoms with Crippen LogP contribution in [0.2, 0.25) is 0 Å². The Balaban J connectivity index is 2.11. The van der Waals surface area contributed by atoms with Crippen LogP contribution in [0.1, 0.15) is 0 Å². The van der Waals surface area contributed by atoms with Crippen molar-refractivity contribution in [2.75, 3.05) is 45.2 Å². The second-order valence-corrected chi connectivity index (χ2v) is 7.56. The third kappa shape index (κ3) is 4.52. The fourth-order valence-electron chi connectivity index (χ4n) is 2.30. The number of amides is 1. The third-order valence-corrected chi connectivity index (χ3v) is 5.79. The SMILES string of the molecule is CSc1ccc(S(=O)CC(=O)N2CCN(C)CC2)c([N+](=O)[O-])c1. The molecule has 0 bridgehead atoms. The highest BCUT2D eigenvalue weighted by Gasteiger charge is 2.25.